The smallest absolute Gasteiger partial charge is 0.238 e. The van der Waals surface area contributed by atoms with Gasteiger partial charge in [-0.3, -0.25) is 9.59 Å². The zero-order valence-corrected chi connectivity index (χ0v) is 12.2. The molecule has 0 atom stereocenters. The van der Waals surface area contributed by atoms with Gasteiger partial charge in [0.2, 0.25) is 11.8 Å². The fraction of sp³-hybridized carbons (Fsp3) is 0.385. The minimum absolute atomic E-state index is 0. The summed E-state index contributed by atoms with van der Waals surface area (Å²) < 4.78 is 0. The van der Waals surface area contributed by atoms with Crippen LogP contribution < -0.4 is 16.0 Å². The van der Waals surface area contributed by atoms with Gasteiger partial charge >= 0.3 is 0 Å². The van der Waals surface area contributed by atoms with Gasteiger partial charge in [0.15, 0.2) is 0 Å². The molecular formula is C13H20ClN3O2. The first-order valence-corrected chi connectivity index (χ1v) is 5.91. The fourth-order valence-electron chi connectivity index (χ4n) is 1.44. The third kappa shape index (κ3) is 5.72. The molecule has 1 rings (SSSR count). The summed E-state index contributed by atoms with van der Waals surface area (Å²) in [6.45, 7) is 3.95. The lowest BCUT2D eigenvalue weighted by atomic mass is 10.1. The van der Waals surface area contributed by atoms with E-state index in [-0.39, 0.29) is 30.8 Å². The Hall–Kier alpha value is -1.59. The molecule has 0 fully saturated rings. The lowest BCUT2D eigenvalue weighted by Gasteiger charge is -2.11. The number of carbonyl (C=O) groups excluding carboxylic acids is 2. The molecule has 0 spiro atoms. The van der Waals surface area contributed by atoms with Crippen LogP contribution in [0.1, 0.15) is 18.9 Å². The van der Waals surface area contributed by atoms with E-state index in [9.17, 15) is 9.59 Å². The third-order valence-electron chi connectivity index (χ3n) is 2.45. The summed E-state index contributed by atoms with van der Waals surface area (Å²) in [6.07, 6.45) is 0.426. The van der Waals surface area contributed by atoms with E-state index >= 15 is 0 Å². The minimum Gasteiger partial charge on any atom is -0.326 e. The van der Waals surface area contributed by atoms with Crippen LogP contribution in [0, 0.1) is 6.92 Å². The van der Waals surface area contributed by atoms with Crippen LogP contribution in [0.5, 0.6) is 0 Å². The van der Waals surface area contributed by atoms with E-state index in [1.165, 1.54) is 0 Å². The molecule has 3 N–H and O–H groups in total. The van der Waals surface area contributed by atoms with Gasteiger partial charge in [0.05, 0.1) is 6.54 Å². The van der Waals surface area contributed by atoms with Gasteiger partial charge in [-0.25, -0.2) is 0 Å². The molecular weight excluding hydrogens is 266 g/mol. The first kappa shape index (κ1) is 17.4. The number of halogens is 1. The van der Waals surface area contributed by atoms with Gasteiger partial charge in [-0.1, -0.05) is 13.0 Å². The maximum atomic E-state index is 11.5. The second-order valence-electron chi connectivity index (χ2n) is 4.01. The largest absolute Gasteiger partial charge is 0.326 e. The minimum atomic E-state index is -0.112. The first-order chi connectivity index (χ1) is 8.56. The number of rotatable bonds is 5. The molecule has 1 aromatic carbocycles. The van der Waals surface area contributed by atoms with E-state index in [1.54, 1.807) is 20.0 Å². The summed E-state index contributed by atoms with van der Waals surface area (Å²) >= 11 is 0. The Labute approximate surface area is 119 Å². The van der Waals surface area contributed by atoms with Crippen molar-refractivity contribution in [2.75, 3.05) is 24.2 Å². The lowest BCUT2D eigenvalue weighted by molar-refractivity contribution is -0.116. The predicted octanol–water partition coefficient (Wildman–Crippen LogP) is 1.92. The maximum Gasteiger partial charge on any atom is 0.238 e. The van der Waals surface area contributed by atoms with Crippen molar-refractivity contribution in [1.29, 1.82) is 0 Å². The number of anilines is 2. The van der Waals surface area contributed by atoms with Crippen molar-refractivity contribution >= 4 is 35.6 Å². The maximum absolute atomic E-state index is 11.5. The molecule has 0 heterocycles. The van der Waals surface area contributed by atoms with Crippen LogP contribution in [-0.2, 0) is 9.59 Å². The summed E-state index contributed by atoms with van der Waals surface area (Å²) in [7, 11) is 1.71. The molecule has 5 nitrogen and oxygen atoms in total. The number of nitrogens with one attached hydrogen (secondary N) is 3. The number of carbonyl (C=O) groups is 2. The molecule has 106 valence electrons. The molecule has 0 bridgehead atoms. The van der Waals surface area contributed by atoms with E-state index in [1.807, 2.05) is 19.1 Å². The highest BCUT2D eigenvalue weighted by Crippen LogP contribution is 2.20. The highest BCUT2D eigenvalue weighted by molar-refractivity contribution is 5.95. The fourth-order valence-corrected chi connectivity index (χ4v) is 1.44. The summed E-state index contributed by atoms with van der Waals surface area (Å²) in [5.74, 6) is -0.161. The molecule has 0 saturated carbocycles. The molecule has 0 aliphatic rings. The third-order valence-corrected chi connectivity index (χ3v) is 2.45. The highest BCUT2D eigenvalue weighted by atomic mass is 35.5. The van der Waals surface area contributed by atoms with E-state index in [2.05, 4.69) is 16.0 Å². The Morgan fingerprint density at radius 2 is 1.84 bits per heavy atom. The summed E-state index contributed by atoms with van der Waals surface area (Å²) in [5, 5.41) is 8.33. The quantitative estimate of drug-likeness (QED) is 0.774. The Kier molecular flexibility index (Phi) is 7.79. The average Bonchev–Trinajstić information content (AvgIpc) is 2.33. The van der Waals surface area contributed by atoms with Crippen molar-refractivity contribution in [2.24, 2.45) is 0 Å². The van der Waals surface area contributed by atoms with Gasteiger partial charge in [0.1, 0.15) is 0 Å². The van der Waals surface area contributed by atoms with Crippen molar-refractivity contribution in [3.8, 4) is 0 Å². The van der Waals surface area contributed by atoms with Crippen molar-refractivity contribution in [2.45, 2.75) is 20.3 Å². The molecule has 0 aromatic heterocycles. The van der Waals surface area contributed by atoms with Gasteiger partial charge < -0.3 is 16.0 Å². The van der Waals surface area contributed by atoms with Crippen LogP contribution >= 0.6 is 12.4 Å². The normalized spacial score (nSPS) is 9.42. The topological polar surface area (TPSA) is 70.2 Å². The highest BCUT2D eigenvalue weighted by Gasteiger charge is 2.06. The first-order valence-electron chi connectivity index (χ1n) is 5.91. The van der Waals surface area contributed by atoms with Crippen LogP contribution in [0.25, 0.3) is 0 Å². The van der Waals surface area contributed by atoms with Gasteiger partial charge in [0, 0.05) is 17.8 Å². The molecule has 0 radical (unpaired) electrons. The van der Waals surface area contributed by atoms with Gasteiger partial charge in [0.25, 0.3) is 0 Å². The molecule has 1 aromatic rings. The summed E-state index contributed by atoms with van der Waals surface area (Å²) in [5.41, 5.74) is 2.35. The number of aryl methyl sites for hydroxylation is 1. The van der Waals surface area contributed by atoms with Crippen molar-refractivity contribution < 1.29 is 9.59 Å². The number of hydrogen-bond donors (Lipinski definition) is 3. The Morgan fingerprint density at radius 3 is 2.42 bits per heavy atom. The molecule has 0 unspecified atom stereocenters. The zero-order chi connectivity index (χ0) is 13.5. The molecule has 19 heavy (non-hydrogen) atoms. The molecule has 0 aliphatic heterocycles. The monoisotopic (exact) mass is 285 g/mol. The SMILES string of the molecule is CCC(=O)Nc1ccc(C)c(NC(=O)CNC)c1.Cl. The van der Waals surface area contributed by atoms with Crippen molar-refractivity contribution in [3.63, 3.8) is 0 Å². The number of hydrogen-bond acceptors (Lipinski definition) is 3. The Bertz CT molecular complexity index is 450. The predicted molar refractivity (Wildman–Crippen MR) is 79.9 cm³/mol. The average molecular weight is 286 g/mol. The summed E-state index contributed by atoms with van der Waals surface area (Å²) in [6, 6.07) is 5.44. The number of likely N-dealkylation sites (N-methyl/N-ethyl adjacent to an activating group) is 1. The standard InChI is InChI=1S/C13H19N3O2.ClH/c1-4-12(17)15-10-6-5-9(2)11(7-10)16-13(18)8-14-3;/h5-7,14H,4,8H2,1-3H3,(H,15,17)(H,16,18);1H. The van der Waals surface area contributed by atoms with Gasteiger partial charge in [-0.2, -0.15) is 0 Å². The lowest BCUT2D eigenvalue weighted by Crippen LogP contribution is -2.25. The second-order valence-corrected chi connectivity index (χ2v) is 4.01. The summed E-state index contributed by atoms with van der Waals surface area (Å²) in [4.78, 5) is 22.8. The Balaban J connectivity index is 0.00000324. The van der Waals surface area contributed by atoms with Crippen LogP contribution in [0.2, 0.25) is 0 Å². The second kappa shape index (κ2) is 8.50. The van der Waals surface area contributed by atoms with E-state index in [0.29, 0.717) is 17.8 Å². The molecule has 2 amide bonds. The van der Waals surface area contributed by atoms with Crippen molar-refractivity contribution in [1.82, 2.24) is 5.32 Å². The van der Waals surface area contributed by atoms with Crippen LogP contribution in [0.3, 0.4) is 0 Å². The molecule has 0 aliphatic carbocycles. The van der Waals surface area contributed by atoms with Crippen LogP contribution in [0.4, 0.5) is 11.4 Å². The van der Waals surface area contributed by atoms with Crippen molar-refractivity contribution in [3.05, 3.63) is 23.8 Å². The van der Waals surface area contributed by atoms with E-state index < -0.39 is 0 Å². The van der Waals surface area contributed by atoms with Crippen LogP contribution in [0.15, 0.2) is 18.2 Å². The van der Waals surface area contributed by atoms with E-state index in [4.69, 9.17) is 0 Å². The van der Waals surface area contributed by atoms with Crippen LogP contribution in [-0.4, -0.2) is 25.4 Å². The number of amides is 2. The van der Waals surface area contributed by atoms with Gasteiger partial charge in [-0.05, 0) is 31.7 Å². The molecule has 0 saturated heterocycles. The van der Waals surface area contributed by atoms with E-state index in [0.717, 1.165) is 5.56 Å². The zero-order valence-electron chi connectivity index (χ0n) is 11.4. The van der Waals surface area contributed by atoms with Gasteiger partial charge in [-0.15, -0.1) is 12.4 Å². The number of benzene rings is 1. The molecule has 6 heteroatoms. The Morgan fingerprint density at radius 1 is 1.16 bits per heavy atom.